The smallest absolute Gasteiger partial charge is 0.259 e. The van der Waals surface area contributed by atoms with E-state index in [1.54, 1.807) is 62.1 Å². The number of likely N-dealkylation sites (N-methyl/N-ethyl adjacent to an activating group) is 1. The molecule has 1 aromatic heterocycles. The molecule has 20 nitrogen and oxygen atoms in total. The molecule has 4 aliphatic rings. The molecule has 5 amide bonds. The van der Waals surface area contributed by atoms with Crippen molar-refractivity contribution in [2.24, 2.45) is 17.4 Å². The van der Waals surface area contributed by atoms with Crippen molar-refractivity contribution in [2.45, 2.75) is 180 Å². The number of carbonyl (C=O) groups is 5. The van der Waals surface area contributed by atoms with Crippen molar-refractivity contribution in [2.75, 3.05) is 76.7 Å². The maximum atomic E-state index is 14.5. The number of ether oxygens (including phenoxy) is 2. The number of hydrogen-bond donors (Lipinski definition) is 7. The number of nitrogens with one attached hydrogen (secondary N) is 3. The molecule has 0 saturated carbocycles. The van der Waals surface area contributed by atoms with Gasteiger partial charge >= 0.3 is 0 Å². The van der Waals surface area contributed by atoms with Crippen LogP contribution < -0.4 is 46.7 Å². The fourth-order valence-corrected chi connectivity index (χ4v) is 13.7. The molecule has 5 aromatic rings. The minimum atomic E-state index is -0.971. The summed E-state index contributed by atoms with van der Waals surface area (Å²) in [6.07, 6.45) is 18.1. The molecule has 1 saturated heterocycles. The number of rotatable bonds is 30. The fourth-order valence-electron chi connectivity index (χ4n) is 13.7. The number of fused-ring (bicyclic) bond motifs is 2. The lowest BCUT2D eigenvalue weighted by Crippen LogP contribution is -2.53. The first-order chi connectivity index (χ1) is 45.4. The number of aromatic nitrogens is 1. The summed E-state index contributed by atoms with van der Waals surface area (Å²) >= 11 is 0. The van der Waals surface area contributed by atoms with Gasteiger partial charge in [0.25, 0.3) is 11.8 Å². The molecule has 4 aliphatic heterocycles. The Kier molecular flexibility index (Phi) is 23.5. The first-order valence-corrected chi connectivity index (χ1v) is 34.3. The van der Waals surface area contributed by atoms with E-state index >= 15 is 0 Å². The molecular formula is C75H103N11O9. The number of methoxy groups -OCH3 is 2. The Morgan fingerprint density at radius 2 is 1.32 bits per heavy atom. The standard InChI is InChI=1S/C75H103N11O9/c1-11-74(76)45-57(52-25-29-59(30-26-52)79-69(89)51(5)78-70(90)68(49(2)3)80-66(87)24-20-17-21-35-84-67(88)44-63(73(84)93)81(6)7)47-85(74)71(91)61-42-64(94-9)55(40-50(61)4)22-18-15-13-12-14-16-19-23-56-41-54-33-34-75(77)46-58(48-86(75)72(92)62(54)43-65(56)95-10)53-27-31-60(32-28-53)83-38-36-82(8)37-39-83/h25-32,40-44,47-49,51,68,88,93H,11-24,33-39,45-46,76-77H2,1-10H3,(H,78,90)(H,79,89)(H,80,87). The van der Waals surface area contributed by atoms with E-state index in [1.165, 1.54) is 16.3 Å². The quantitative estimate of drug-likeness (QED) is 0.0211. The van der Waals surface area contributed by atoms with Gasteiger partial charge in [-0.2, -0.15) is 0 Å². The van der Waals surface area contributed by atoms with Crippen LogP contribution in [0, 0.1) is 12.8 Å². The lowest BCUT2D eigenvalue weighted by molar-refractivity contribution is -0.131. The Labute approximate surface area is 562 Å². The molecule has 4 unspecified atom stereocenters. The first-order valence-electron chi connectivity index (χ1n) is 34.3. The summed E-state index contributed by atoms with van der Waals surface area (Å²) in [5, 5.41) is 29.2. The number of piperazine rings is 1. The summed E-state index contributed by atoms with van der Waals surface area (Å²) in [6.45, 7) is 13.7. The van der Waals surface area contributed by atoms with Crippen molar-refractivity contribution in [3.63, 3.8) is 0 Å². The molecule has 95 heavy (non-hydrogen) atoms. The molecule has 4 atom stereocenters. The van der Waals surface area contributed by atoms with Crippen LogP contribution in [-0.4, -0.2) is 144 Å². The molecule has 9 rings (SSSR count). The third-order valence-electron chi connectivity index (χ3n) is 19.8. The van der Waals surface area contributed by atoms with Crippen LogP contribution in [0.1, 0.15) is 178 Å². The van der Waals surface area contributed by atoms with Gasteiger partial charge in [0, 0.05) is 107 Å². The Bertz CT molecular complexity index is 3610. The molecule has 9 N–H and O–H groups in total. The molecule has 4 aromatic carbocycles. The van der Waals surface area contributed by atoms with Crippen molar-refractivity contribution in [1.29, 1.82) is 0 Å². The number of hydrogen-bond acceptors (Lipinski definition) is 14. The zero-order valence-electron chi connectivity index (χ0n) is 57.7. The second-order valence-electron chi connectivity index (χ2n) is 27.3. The highest BCUT2D eigenvalue weighted by Crippen LogP contribution is 2.43. The number of nitrogens with zero attached hydrogens (tertiary/aromatic N) is 6. The average Bonchev–Trinajstić information content (AvgIpc) is 1.65. The van der Waals surface area contributed by atoms with Crippen LogP contribution in [0.4, 0.5) is 17.1 Å². The molecule has 0 spiro atoms. The van der Waals surface area contributed by atoms with E-state index in [2.05, 4.69) is 69.2 Å². The summed E-state index contributed by atoms with van der Waals surface area (Å²) in [5.41, 5.74) is 23.9. The minimum absolute atomic E-state index is 0.0158. The van der Waals surface area contributed by atoms with Gasteiger partial charge in [-0.25, -0.2) is 0 Å². The first kappa shape index (κ1) is 71.0. The molecule has 0 aliphatic carbocycles. The number of amides is 5. The lowest BCUT2D eigenvalue weighted by atomic mass is 9.92. The Morgan fingerprint density at radius 3 is 1.93 bits per heavy atom. The van der Waals surface area contributed by atoms with E-state index in [-0.39, 0.29) is 41.8 Å². The highest BCUT2D eigenvalue weighted by molar-refractivity contribution is 6.01. The van der Waals surface area contributed by atoms with Crippen LogP contribution >= 0.6 is 0 Å². The van der Waals surface area contributed by atoms with Gasteiger partial charge in [-0.05, 0) is 166 Å². The van der Waals surface area contributed by atoms with Gasteiger partial charge in [-0.3, -0.25) is 38.3 Å². The summed E-state index contributed by atoms with van der Waals surface area (Å²) in [4.78, 5) is 78.5. The SMILES string of the molecule is CCC1(N)CC(c2ccc(NC(=O)C(C)NC(=O)C(NC(=O)CCCCCn3c(O)cc(N(C)C)c3O)C(C)C)cc2)=CN1C(=O)c1cc(OC)c(CCCCCCCCCc2cc3c(cc2OC)C(=O)N2C=C(c4ccc(N5CCN(C)CC5)cc4)CC2(N)CC3)cc1C. The number of nitrogens with two attached hydrogens (primary N) is 2. The number of benzene rings is 4. The van der Waals surface area contributed by atoms with E-state index < -0.39 is 35.2 Å². The maximum absolute atomic E-state index is 14.5. The Balaban J connectivity index is 0.698. The maximum Gasteiger partial charge on any atom is 0.259 e. The van der Waals surface area contributed by atoms with Crippen LogP contribution in [0.2, 0.25) is 0 Å². The molecule has 20 heteroatoms. The average molecular weight is 1300 g/mol. The van der Waals surface area contributed by atoms with Gasteiger partial charge < -0.3 is 61.8 Å². The zero-order chi connectivity index (χ0) is 68.3. The van der Waals surface area contributed by atoms with Crippen LogP contribution in [0.25, 0.3) is 11.1 Å². The second-order valence-corrected chi connectivity index (χ2v) is 27.3. The van der Waals surface area contributed by atoms with Gasteiger partial charge in [0.2, 0.25) is 23.6 Å². The van der Waals surface area contributed by atoms with E-state index in [0.717, 1.165) is 141 Å². The van der Waals surface area contributed by atoms with Gasteiger partial charge in [0.15, 0.2) is 5.88 Å². The number of anilines is 3. The third-order valence-corrected chi connectivity index (χ3v) is 19.8. The molecule has 512 valence electrons. The molecule has 5 heterocycles. The van der Waals surface area contributed by atoms with Crippen LogP contribution in [0.15, 0.2) is 91.3 Å². The van der Waals surface area contributed by atoms with Crippen LogP contribution in [0.5, 0.6) is 23.3 Å². The predicted octanol–water partition coefficient (Wildman–Crippen LogP) is 10.8. The van der Waals surface area contributed by atoms with Crippen LogP contribution in [0.3, 0.4) is 0 Å². The molecular weight excluding hydrogens is 1200 g/mol. The van der Waals surface area contributed by atoms with E-state index in [0.29, 0.717) is 79.7 Å². The molecule has 0 radical (unpaired) electrons. The van der Waals surface area contributed by atoms with Crippen molar-refractivity contribution >= 4 is 57.7 Å². The van der Waals surface area contributed by atoms with Gasteiger partial charge in [-0.15, -0.1) is 0 Å². The third kappa shape index (κ3) is 16.8. The fraction of sp³-hybridized carbons (Fsp3) is 0.507. The normalized spacial score (nSPS) is 18.6. The number of unbranched alkanes of at least 4 members (excludes halogenated alkanes) is 8. The predicted molar refractivity (Wildman–Crippen MR) is 377 cm³/mol. The van der Waals surface area contributed by atoms with E-state index in [1.807, 2.05) is 64.4 Å². The lowest BCUT2D eigenvalue weighted by Gasteiger charge is -2.34. The zero-order valence-corrected chi connectivity index (χ0v) is 57.7. The van der Waals surface area contributed by atoms with Gasteiger partial charge in [-0.1, -0.05) is 95.7 Å². The molecule has 0 bridgehead atoms. The van der Waals surface area contributed by atoms with Crippen molar-refractivity contribution in [3.8, 4) is 23.3 Å². The topological polar surface area (TPSA) is 254 Å². The largest absolute Gasteiger partial charge is 0.496 e. The summed E-state index contributed by atoms with van der Waals surface area (Å²) in [5.74, 6) is -0.328. The number of carbonyl (C=O) groups excluding carboxylic acids is 5. The summed E-state index contributed by atoms with van der Waals surface area (Å²) in [6, 6.07) is 23.8. The number of aryl methyl sites for hydroxylation is 4. The second kappa shape index (κ2) is 31.5. The highest BCUT2D eigenvalue weighted by Gasteiger charge is 2.45. The molecule has 1 fully saturated rings. The highest BCUT2D eigenvalue weighted by atomic mass is 16.5. The van der Waals surface area contributed by atoms with Crippen molar-refractivity contribution in [3.05, 3.63) is 136 Å². The van der Waals surface area contributed by atoms with E-state index in [9.17, 15) is 34.2 Å². The van der Waals surface area contributed by atoms with Crippen molar-refractivity contribution in [1.82, 2.24) is 29.9 Å². The Hall–Kier alpha value is -8.33. The van der Waals surface area contributed by atoms with Crippen molar-refractivity contribution < 1.29 is 43.7 Å². The number of aromatic hydroxyl groups is 2. The minimum Gasteiger partial charge on any atom is -0.496 e. The van der Waals surface area contributed by atoms with Gasteiger partial charge in [0.05, 0.1) is 19.9 Å². The monoisotopic (exact) mass is 1300 g/mol. The van der Waals surface area contributed by atoms with Gasteiger partial charge in [0.1, 0.15) is 34.9 Å². The summed E-state index contributed by atoms with van der Waals surface area (Å²) < 4.78 is 13.3. The van der Waals surface area contributed by atoms with E-state index in [4.69, 9.17) is 20.9 Å². The summed E-state index contributed by atoms with van der Waals surface area (Å²) in [7, 11) is 9.05. The van der Waals surface area contributed by atoms with Crippen LogP contribution in [-0.2, 0) is 40.2 Å². The Morgan fingerprint density at radius 1 is 0.716 bits per heavy atom.